The van der Waals surface area contributed by atoms with Gasteiger partial charge in [0.15, 0.2) is 0 Å². The highest BCUT2D eigenvalue weighted by Crippen LogP contribution is 2.29. The third-order valence-corrected chi connectivity index (χ3v) is 3.37. The average molecular weight is 294 g/mol. The SMILES string of the molecule is Cc1cc(NCc2ccc(C(F)(F)F)cc2)cc(C)c1N. The van der Waals surface area contributed by atoms with Gasteiger partial charge in [-0.3, -0.25) is 0 Å². The lowest BCUT2D eigenvalue weighted by Crippen LogP contribution is -2.06. The summed E-state index contributed by atoms with van der Waals surface area (Å²) in [6.45, 7) is 4.30. The molecule has 0 bridgehead atoms. The minimum atomic E-state index is -4.29. The van der Waals surface area contributed by atoms with Gasteiger partial charge in [0.1, 0.15) is 0 Å². The van der Waals surface area contributed by atoms with E-state index in [4.69, 9.17) is 5.73 Å². The van der Waals surface area contributed by atoms with Crippen molar-refractivity contribution in [3.63, 3.8) is 0 Å². The Balaban J connectivity index is 2.07. The van der Waals surface area contributed by atoms with Crippen molar-refractivity contribution in [1.82, 2.24) is 0 Å². The zero-order valence-electron chi connectivity index (χ0n) is 11.9. The Bertz CT molecular complexity index is 608. The number of halogens is 3. The van der Waals surface area contributed by atoms with Crippen LogP contribution >= 0.6 is 0 Å². The Labute approximate surface area is 121 Å². The van der Waals surface area contributed by atoms with Gasteiger partial charge in [-0.1, -0.05) is 12.1 Å². The standard InChI is InChI=1S/C16H17F3N2/c1-10-7-14(8-11(2)15(10)20)21-9-12-3-5-13(6-4-12)16(17,18)19/h3-8,21H,9,20H2,1-2H3. The molecule has 0 amide bonds. The van der Waals surface area contributed by atoms with E-state index < -0.39 is 11.7 Å². The summed E-state index contributed by atoms with van der Waals surface area (Å²) in [6, 6.07) is 8.99. The Morgan fingerprint density at radius 1 is 1.00 bits per heavy atom. The minimum absolute atomic E-state index is 0.459. The van der Waals surface area contributed by atoms with Gasteiger partial charge in [-0.15, -0.1) is 0 Å². The summed E-state index contributed by atoms with van der Waals surface area (Å²) < 4.78 is 37.4. The van der Waals surface area contributed by atoms with Gasteiger partial charge in [0.25, 0.3) is 0 Å². The molecule has 112 valence electrons. The van der Waals surface area contributed by atoms with E-state index in [-0.39, 0.29) is 0 Å². The fraction of sp³-hybridized carbons (Fsp3) is 0.250. The van der Waals surface area contributed by atoms with Crippen molar-refractivity contribution >= 4 is 11.4 Å². The van der Waals surface area contributed by atoms with Gasteiger partial charge in [0, 0.05) is 17.9 Å². The number of alkyl halides is 3. The van der Waals surface area contributed by atoms with Crippen molar-refractivity contribution in [2.24, 2.45) is 0 Å². The van der Waals surface area contributed by atoms with Crippen molar-refractivity contribution in [1.29, 1.82) is 0 Å². The van der Waals surface area contributed by atoms with E-state index in [2.05, 4.69) is 5.32 Å². The van der Waals surface area contributed by atoms with Crippen LogP contribution in [-0.4, -0.2) is 0 Å². The summed E-state index contributed by atoms with van der Waals surface area (Å²) >= 11 is 0. The van der Waals surface area contributed by atoms with E-state index in [0.29, 0.717) is 6.54 Å². The topological polar surface area (TPSA) is 38.0 Å². The van der Waals surface area contributed by atoms with Crippen LogP contribution in [0.4, 0.5) is 24.5 Å². The van der Waals surface area contributed by atoms with Crippen LogP contribution in [-0.2, 0) is 12.7 Å². The van der Waals surface area contributed by atoms with Gasteiger partial charge in [-0.25, -0.2) is 0 Å². The van der Waals surface area contributed by atoms with E-state index in [1.54, 1.807) is 0 Å². The molecule has 0 aromatic heterocycles. The Kier molecular flexibility index (Phi) is 4.11. The molecule has 0 atom stereocenters. The molecule has 2 rings (SSSR count). The van der Waals surface area contributed by atoms with Crippen molar-refractivity contribution in [2.75, 3.05) is 11.1 Å². The highest BCUT2D eigenvalue weighted by atomic mass is 19.4. The molecule has 0 spiro atoms. The van der Waals surface area contributed by atoms with Gasteiger partial charge in [-0.05, 0) is 54.8 Å². The number of hydrogen-bond acceptors (Lipinski definition) is 2. The van der Waals surface area contributed by atoms with Crippen molar-refractivity contribution in [3.05, 3.63) is 58.7 Å². The van der Waals surface area contributed by atoms with Gasteiger partial charge >= 0.3 is 6.18 Å². The third kappa shape index (κ3) is 3.68. The zero-order valence-corrected chi connectivity index (χ0v) is 11.9. The van der Waals surface area contributed by atoms with Crippen LogP contribution in [0.5, 0.6) is 0 Å². The van der Waals surface area contributed by atoms with Gasteiger partial charge in [-0.2, -0.15) is 13.2 Å². The summed E-state index contributed by atoms with van der Waals surface area (Å²) in [7, 11) is 0. The van der Waals surface area contributed by atoms with Crippen LogP contribution in [0.25, 0.3) is 0 Å². The summed E-state index contributed by atoms with van der Waals surface area (Å²) in [5.41, 5.74) is 9.65. The molecule has 0 saturated heterocycles. The lowest BCUT2D eigenvalue weighted by atomic mass is 10.1. The maximum atomic E-state index is 12.5. The first kappa shape index (κ1) is 15.2. The first-order valence-electron chi connectivity index (χ1n) is 6.54. The van der Waals surface area contributed by atoms with E-state index >= 15 is 0 Å². The number of nitrogens with one attached hydrogen (secondary N) is 1. The third-order valence-electron chi connectivity index (χ3n) is 3.37. The molecule has 2 aromatic carbocycles. The predicted octanol–water partition coefficient (Wildman–Crippen LogP) is 4.52. The van der Waals surface area contributed by atoms with Gasteiger partial charge in [0.2, 0.25) is 0 Å². The van der Waals surface area contributed by atoms with Crippen LogP contribution in [0.1, 0.15) is 22.3 Å². The lowest BCUT2D eigenvalue weighted by Gasteiger charge is -2.12. The van der Waals surface area contributed by atoms with E-state index in [1.165, 1.54) is 12.1 Å². The molecule has 21 heavy (non-hydrogen) atoms. The molecule has 0 heterocycles. The molecule has 0 aliphatic carbocycles. The molecule has 0 radical (unpaired) electrons. The van der Waals surface area contributed by atoms with Crippen LogP contribution < -0.4 is 11.1 Å². The number of nitrogen functional groups attached to an aromatic ring is 1. The van der Waals surface area contributed by atoms with E-state index in [0.717, 1.165) is 40.2 Å². The second kappa shape index (κ2) is 5.68. The molecular weight excluding hydrogens is 277 g/mol. The van der Waals surface area contributed by atoms with Gasteiger partial charge in [0.05, 0.1) is 5.56 Å². The molecule has 2 nitrogen and oxygen atoms in total. The molecule has 5 heteroatoms. The lowest BCUT2D eigenvalue weighted by molar-refractivity contribution is -0.137. The molecule has 0 saturated carbocycles. The van der Waals surface area contributed by atoms with Crippen LogP contribution in [0.3, 0.4) is 0 Å². The van der Waals surface area contributed by atoms with E-state index in [9.17, 15) is 13.2 Å². The normalized spacial score (nSPS) is 11.5. The van der Waals surface area contributed by atoms with Crippen molar-refractivity contribution in [2.45, 2.75) is 26.6 Å². The first-order valence-corrected chi connectivity index (χ1v) is 6.54. The summed E-state index contributed by atoms with van der Waals surface area (Å²) in [5, 5.41) is 3.19. The van der Waals surface area contributed by atoms with E-state index in [1.807, 2.05) is 26.0 Å². The molecule has 0 unspecified atom stereocenters. The Morgan fingerprint density at radius 2 is 1.52 bits per heavy atom. The summed E-state index contributed by atoms with van der Waals surface area (Å²) in [6.07, 6.45) is -4.29. The fourth-order valence-electron chi connectivity index (χ4n) is 2.09. The highest BCUT2D eigenvalue weighted by molar-refractivity contribution is 5.61. The van der Waals surface area contributed by atoms with Crippen LogP contribution in [0.2, 0.25) is 0 Å². The second-order valence-electron chi connectivity index (χ2n) is 5.07. The average Bonchev–Trinajstić information content (AvgIpc) is 2.42. The molecule has 0 fully saturated rings. The first-order chi connectivity index (χ1) is 9.77. The number of hydrogen-bond donors (Lipinski definition) is 2. The Morgan fingerprint density at radius 3 is 2.00 bits per heavy atom. The molecular formula is C16H17F3N2. The monoisotopic (exact) mass is 294 g/mol. The quantitative estimate of drug-likeness (QED) is 0.817. The van der Waals surface area contributed by atoms with Crippen LogP contribution in [0.15, 0.2) is 36.4 Å². The zero-order chi connectivity index (χ0) is 15.6. The molecule has 0 aliphatic heterocycles. The Hall–Kier alpha value is -2.17. The fourth-order valence-corrected chi connectivity index (χ4v) is 2.09. The maximum absolute atomic E-state index is 12.5. The largest absolute Gasteiger partial charge is 0.416 e. The predicted molar refractivity (Wildman–Crippen MR) is 79.1 cm³/mol. The van der Waals surface area contributed by atoms with Crippen molar-refractivity contribution in [3.8, 4) is 0 Å². The maximum Gasteiger partial charge on any atom is 0.416 e. The smallest absolute Gasteiger partial charge is 0.398 e. The van der Waals surface area contributed by atoms with Gasteiger partial charge < -0.3 is 11.1 Å². The summed E-state index contributed by atoms with van der Waals surface area (Å²) in [5.74, 6) is 0. The van der Waals surface area contributed by atoms with Crippen LogP contribution in [0, 0.1) is 13.8 Å². The number of aryl methyl sites for hydroxylation is 2. The second-order valence-corrected chi connectivity index (χ2v) is 5.07. The number of benzene rings is 2. The van der Waals surface area contributed by atoms with Crippen molar-refractivity contribution < 1.29 is 13.2 Å². The molecule has 3 N–H and O–H groups in total. The minimum Gasteiger partial charge on any atom is -0.398 e. The molecule has 2 aromatic rings. The number of rotatable bonds is 3. The number of anilines is 2. The summed E-state index contributed by atoms with van der Waals surface area (Å²) in [4.78, 5) is 0. The molecule has 0 aliphatic rings. The number of nitrogens with two attached hydrogens (primary N) is 1. The highest BCUT2D eigenvalue weighted by Gasteiger charge is 2.29.